The van der Waals surface area contributed by atoms with Crippen LogP contribution in [0.15, 0.2) is 6.33 Å². The molecule has 0 spiro atoms. The van der Waals surface area contributed by atoms with Crippen LogP contribution in [0.4, 0.5) is 10.2 Å². The maximum Gasteiger partial charge on any atom is 0.225 e. The standard InChI is InChI=1S/C14H19FN4O/c1-2-11-12(15)13(17-8-16-11)19-6-5-9(7-19)14(20)18-10-3-4-10/h8-10H,2-7H2,1H3,(H,18,20). The fourth-order valence-corrected chi connectivity index (χ4v) is 2.58. The Balaban J connectivity index is 1.68. The first-order chi connectivity index (χ1) is 9.69. The van der Waals surface area contributed by atoms with Gasteiger partial charge in [-0.05, 0) is 25.7 Å². The molecule has 20 heavy (non-hydrogen) atoms. The summed E-state index contributed by atoms with van der Waals surface area (Å²) in [5, 5.41) is 3.01. The predicted molar refractivity (Wildman–Crippen MR) is 72.9 cm³/mol. The smallest absolute Gasteiger partial charge is 0.225 e. The lowest BCUT2D eigenvalue weighted by atomic mass is 10.1. The van der Waals surface area contributed by atoms with Crippen molar-refractivity contribution in [3.63, 3.8) is 0 Å². The van der Waals surface area contributed by atoms with Gasteiger partial charge in [-0.3, -0.25) is 4.79 Å². The number of carbonyl (C=O) groups is 1. The van der Waals surface area contributed by atoms with Crippen molar-refractivity contribution in [2.45, 2.75) is 38.6 Å². The second kappa shape index (κ2) is 5.34. The van der Waals surface area contributed by atoms with E-state index in [4.69, 9.17) is 0 Å². The summed E-state index contributed by atoms with van der Waals surface area (Å²) in [5.74, 6) is 0.0204. The van der Waals surface area contributed by atoms with Crippen LogP contribution in [-0.4, -0.2) is 35.0 Å². The van der Waals surface area contributed by atoms with Crippen molar-refractivity contribution >= 4 is 11.7 Å². The quantitative estimate of drug-likeness (QED) is 0.901. The van der Waals surface area contributed by atoms with Crippen molar-refractivity contribution in [1.82, 2.24) is 15.3 Å². The van der Waals surface area contributed by atoms with E-state index in [1.54, 1.807) is 0 Å². The number of aromatic nitrogens is 2. The van der Waals surface area contributed by atoms with E-state index in [-0.39, 0.29) is 17.6 Å². The van der Waals surface area contributed by atoms with E-state index in [2.05, 4.69) is 15.3 Å². The summed E-state index contributed by atoms with van der Waals surface area (Å²) in [7, 11) is 0. The van der Waals surface area contributed by atoms with Gasteiger partial charge >= 0.3 is 0 Å². The van der Waals surface area contributed by atoms with E-state index in [0.29, 0.717) is 37.1 Å². The zero-order chi connectivity index (χ0) is 14.1. The van der Waals surface area contributed by atoms with Gasteiger partial charge in [0.25, 0.3) is 0 Å². The van der Waals surface area contributed by atoms with Crippen molar-refractivity contribution in [3.05, 3.63) is 17.8 Å². The Morgan fingerprint density at radius 3 is 2.95 bits per heavy atom. The molecule has 2 aliphatic rings. The number of halogens is 1. The predicted octanol–water partition coefficient (Wildman–Crippen LogP) is 1.28. The van der Waals surface area contributed by atoms with Crippen LogP contribution in [0.2, 0.25) is 0 Å². The third kappa shape index (κ3) is 2.59. The Bertz CT molecular complexity index is 518. The Kier molecular flexibility index (Phi) is 3.54. The van der Waals surface area contributed by atoms with Crippen LogP contribution in [0.25, 0.3) is 0 Å². The monoisotopic (exact) mass is 278 g/mol. The molecule has 2 heterocycles. The fourth-order valence-electron chi connectivity index (χ4n) is 2.58. The minimum Gasteiger partial charge on any atom is -0.353 e. The highest BCUT2D eigenvalue weighted by Gasteiger charge is 2.33. The van der Waals surface area contributed by atoms with Crippen LogP contribution < -0.4 is 10.2 Å². The number of amides is 1. The van der Waals surface area contributed by atoms with Gasteiger partial charge in [0.15, 0.2) is 11.6 Å². The third-order valence-electron chi connectivity index (χ3n) is 3.96. The Morgan fingerprint density at radius 2 is 2.25 bits per heavy atom. The summed E-state index contributed by atoms with van der Waals surface area (Å²) in [6.45, 7) is 3.07. The highest BCUT2D eigenvalue weighted by molar-refractivity contribution is 5.80. The Labute approximate surface area is 117 Å². The van der Waals surface area contributed by atoms with Gasteiger partial charge in [0.1, 0.15) is 6.33 Å². The molecule has 5 nitrogen and oxygen atoms in total. The number of nitrogens with one attached hydrogen (secondary N) is 1. The average Bonchev–Trinajstić information content (AvgIpc) is 3.12. The first-order valence-corrected chi connectivity index (χ1v) is 7.23. The highest BCUT2D eigenvalue weighted by Crippen LogP contribution is 2.26. The number of hydrogen-bond acceptors (Lipinski definition) is 4. The zero-order valence-corrected chi connectivity index (χ0v) is 11.6. The molecule has 1 atom stereocenters. The molecule has 1 saturated carbocycles. The normalized spacial score (nSPS) is 22.1. The van der Waals surface area contributed by atoms with E-state index in [1.165, 1.54) is 6.33 Å². The van der Waals surface area contributed by atoms with Gasteiger partial charge in [-0.2, -0.15) is 0 Å². The average molecular weight is 278 g/mol. The molecule has 1 aromatic rings. The molecule has 6 heteroatoms. The minimum absolute atomic E-state index is 0.0601. The molecule has 108 valence electrons. The van der Waals surface area contributed by atoms with Crippen LogP contribution >= 0.6 is 0 Å². The van der Waals surface area contributed by atoms with E-state index >= 15 is 0 Å². The van der Waals surface area contributed by atoms with E-state index < -0.39 is 0 Å². The lowest BCUT2D eigenvalue weighted by molar-refractivity contribution is -0.124. The fraction of sp³-hybridized carbons (Fsp3) is 0.643. The van der Waals surface area contributed by atoms with Crippen LogP contribution in [0, 0.1) is 11.7 Å². The molecule has 0 aromatic carbocycles. The third-order valence-corrected chi connectivity index (χ3v) is 3.96. The SMILES string of the molecule is CCc1ncnc(N2CCC(C(=O)NC3CC3)C2)c1F. The van der Waals surface area contributed by atoms with Crippen LogP contribution in [0.5, 0.6) is 0 Å². The van der Waals surface area contributed by atoms with Gasteiger partial charge in [-0.15, -0.1) is 0 Å². The van der Waals surface area contributed by atoms with Crippen LogP contribution in [0.3, 0.4) is 0 Å². The number of aryl methyl sites for hydroxylation is 1. The Hall–Kier alpha value is -1.72. The number of rotatable bonds is 4. The van der Waals surface area contributed by atoms with Gasteiger partial charge in [0, 0.05) is 19.1 Å². The van der Waals surface area contributed by atoms with Gasteiger partial charge in [0.05, 0.1) is 11.6 Å². The zero-order valence-electron chi connectivity index (χ0n) is 11.6. The molecule has 0 radical (unpaired) electrons. The van der Waals surface area contributed by atoms with Crippen LogP contribution in [-0.2, 0) is 11.2 Å². The molecule has 2 fully saturated rings. The van der Waals surface area contributed by atoms with Gasteiger partial charge in [-0.1, -0.05) is 6.92 Å². The first kappa shape index (κ1) is 13.3. The number of nitrogens with zero attached hydrogens (tertiary/aromatic N) is 3. The summed E-state index contributed by atoms with van der Waals surface area (Å²) in [6.07, 6.45) is 4.87. The second-order valence-electron chi connectivity index (χ2n) is 5.53. The summed E-state index contributed by atoms with van der Waals surface area (Å²) < 4.78 is 14.2. The second-order valence-corrected chi connectivity index (χ2v) is 5.53. The van der Waals surface area contributed by atoms with Gasteiger partial charge in [0.2, 0.25) is 5.91 Å². The lowest BCUT2D eigenvalue weighted by Crippen LogP contribution is -2.34. The summed E-state index contributed by atoms with van der Waals surface area (Å²) in [4.78, 5) is 21.9. The molecule has 1 N–H and O–H groups in total. The number of carbonyl (C=O) groups excluding carboxylic acids is 1. The van der Waals surface area contributed by atoms with Crippen molar-refractivity contribution in [2.75, 3.05) is 18.0 Å². The maximum atomic E-state index is 14.2. The molecular weight excluding hydrogens is 259 g/mol. The molecule has 1 amide bonds. The molecule has 3 rings (SSSR count). The number of anilines is 1. The summed E-state index contributed by atoms with van der Waals surface area (Å²) in [6, 6.07) is 0.374. The number of hydrogen-bond donors (Lipinski definition) is 1. The molecule has 1 unspecified atom stereocenters. The highest BCUT2D eigenvalue weighted by atomic mass is 19.1. The van der Waals surface area contributed by atoms with Gasteiger partial charge in [-0.25, -0.2) is 14.4 Å². The summed E-state index contributed by atoms with van der Waals surface area (Å²) >= 11 is 0. The minimum atomic E-state index is -0.349. The molecule has 1 saturated heterocycles. The van der Waals surface area contributed by atoms with Crippen molar-refractivity contribution in [1.29, 1.82) is 0 Å². The van der Waals surface area contributed by atoms with E-state index in [1.807, 2.05) is 11.8 Å². The largest absolute Gasteiger partial charge is 0.353 e. The lowest BCUT2D eigenvalue weighted by Gasteiger charge is -2.18. The topological polar surface area (TPSA) is 58.1 Å². The van der Waals surface area contributed by atoms with E-state index in [0.717, 1.165) is 19.3 Å². The molecule has 1 aliphatic carbocycles. The van der Waals surface area contributed by atoms with E-state index in [9.17, 15) is 9.18 Å². The van der Waals surface area contributed by atoms with Crippen molar-refractivity contribution in [3.8, 4) is 0 Å². The van der Waals surface area contributed by atoms with Crippen molar-refractivity contribution in [2.24, 2.45) is 5.92 Å². The van der Waals surface area contributed by atoms with Crippen molar-refractivity contribution < 1.29 is 9.18 Å². The van der Waals surface area contributed by atoms with Gasteiger partial charge < -0.3 is 10.2 Å². The first-order valence-electron chi connectivity index (χ1n) is 7.23. The molecule has 1 aromatic heterocycles. The molecular formula is C14H19FN4O. The van der Waals surface area contributed by atoms with Crippen LogP contribution in [0.1, 0.15) is 31.9 Å². The Morgan fingerprint density at radius 1 is 1.45 bits per heavy atom. The maximum absolute atomic E-state index is 14.2. The summed E-state index contributed by atoms with van der Waals surface area (Å²) in [5.41, 5.74) is 0.431. The molecule has 0 bridgehead atoms. The molecule has 1 aliphatic heterocycles.